The smallest absolute Gasteiger partial charge is 0.248 e. The Balaban J connectivity index is 2.42. The molecule has 0 aliphatic heterocycles. The van der Waals surface area contributed by atoms with Gasteiger partial charge in [-0.2, -0.15) is 0 Å². The molecule has 100 valence electrons. The van der Waals surface area contributed by atoms with Crippen molar-refractivity contribution in [1.82, 2.24) is 5.32 Å². The Morgan fingerprint density at radius 2 is 2.28 bits per heavy atom. The van der Waals surface area contributed by atoms with E-state index in [1.54, 1.807) is 7.11 Å². The van der Waals surface area contributed by atoms with Gasteiger partial charge in [-0.25, -0.2) is 0 Å². The van der Waals surface area contributed by atoms with Crippen LogP contribution < -0.4 is 10.1 Å². The van der Waals surface area contributed by atoms with Gasteiger partial charge in [-0.1, -0.05) is 22.0 Å². The summed E-state index contributed by atoms with van der Waals surface area (Å²) in [4.78, 5) is 11.1. The minimum absolute atomic E-state index is 0.335. The van der Waals surface area contributed by atoms with E-state index >= 15 is 0 Å². The number of hydrogen-bond acceptors (Lipinski definition) is 3. The van der Waals surface area contributed by atoms with Crippen LogP contribution in [-0.4, -0.2) is 30.8 Å². The zero-order valence-electron chi connectivity index (χ0n) is 10.6. The molecular formula is C13H18BrNO3. The predicted molar refractivity (Wildman–Crippen MR) is 73.7 cm³/mol. The first-order valence-corrected chi connectivity index (χ1v) is 6.62. The molecule has 0 aromatic heterocycles. The van der Waals surface area contributed by atoms with E-state index in [1.807, 2.05) is 18.2 Å². The van der Waals surface area contributed by atoms with E-state index in [4.69, 9.17) is 9.84 Å². The number of carbonyl (C=O) groups excluding carboxylic acids is 1. The highest BCUT2D eigenvalue weighted by Crippen LogP contribution is 2.24. The summed E-state index contributed by atoms with van der Waals surface area (Å²) in [5.41, 5.74) is 1.10. The molecule has 0 unspecified atom stereocenters. The fourth-order valence-corrected chi connectivity index (χ4v) is 1.90. The standard InChI is InChI=1S/C13H18BrNO3/c1-9(16)13(17)15-7-3-4-10-5-6-11(14)8-12(10)18-2/h5-6,8-9,16H,3-4,7H2,1-2H3,(H,15,17)/t9-/m1/s1. The van der Waals surface area contributed by atoms with Crippen LogP contribution in [0.2, 0.25) is 0 Å². The Hall–Kier alpha value is -1.07. The number of aliphatic hydroxyl groups is 1. The van der Waals surface area contributed by atoms with Crippen molar-refractivity contribution in [3.05, 3.63) is 28.2 Å². The number of amides is 1. The quantitative estimate of drug-likeness (QED) is 0.788. The number of halogens is 1. The molecule has 1 atom stereocenters. The third-order valence-electron chi connectivity index (χ3n) is 2.55. The molecule has 1 aromatic rings. The van der Waals surface area contributed by atoms with Gasteiger partial charge in [0, 0.05) is 11.0 Å². The van der Waals surface area contributed by atoms with E-state index in [2.05, 4.69) is 21.2 Å². The molecule has 5 heteroatoms. The summed E-state index contributed by atoms with van der Waals surface area (Å²) in [5.74, 6) is 0.504. The van der Waals surface area contributed by atoms with Crippen LogP contribution in [0, 0.1) is 0 Å². The van der Waals surface area contributed by atoms with E-state index < -0.39 is 6.10 Å². The number of rotatable bonds is 6. The first kappa shape index (κ1) is 15.0. The second-order valence-corrected chi connectivity index (χ2v) is 4.94. The van der Waals surface area contributed by atoms with Gasteiger partial charge in [0.25, 0.3) is 0 Å². The molecule has 4 nitrogen and oxygen atoms in total. The number of benzene rings is 1. The molecule has 0 aliphatic rings. The lowest BCUT2D eigenvalue weighted by Crippen LogP contribution is -2.33. The topological polar surface area (TPSA) is 58.6 Å². The summed E-state index contributed by atoms with van der Waals surface area (Å²) in [6.07, 6.45) is 0.666. The van der Waals surface area contributed by atoms with Gasteiger partial charge < -0.3 is 15.2 Å². The Morgan fingerprint density at radius 1 is 1.56 bits per heavy atom. The van der Waals surface area contributed by atoms with Gasteiger partial charge >= 0.3 is 0 Å². The summed E-state index contributed by atoms with van der Waals surface area (Å²) in [6, 6.07) is 5.88. The van der Waals surface area contributed by atoms with Crippen LogP contribution in [0.1, 0.15) is 18.9 Å². The van der Waals surface area contributed by atoms with Crippen LogP contribution in [0.5, 0.6) is 5.75 Å². The van der Waals surface area contributed by atoms with Crippen LogP contribution in [0.4, 0.5) is 0 Å². The Morgan fingerprint density at radius 3 is 2.89 bits per heavy atom. The second kappa shape index (κ2) is 7.38. The molecule has 1 rings (SSSR count). The minimum Gasteiger partial charge on any atom is -0.496 e. The molecule has 0 fully saturated rings. The van der Waals surface area contributed by atoms with Gasteiger partial charge in [-0.15, -0.1) is 0 Å². The van der Waals surface area contributed by atoms with Gasteiger partial charge in [0.15, 0.2) is 0 Å². The average molecular weight is 316 g/mol. The Labute approximate surface area is 115 Å². The van der Waals surface area contributed by atoms with Crippen molar-refractivity contribution < 1.29 is 14.6 Å². The lowest BCUT2D eigenvalue weighted by atomic mass is 10.1. The molecule has 0 saturated carbocycles. The fourth-order valence-electron chi connectivity index (χ4n) is 1.56. The van der Waals surface area contributed by atoms with Crippen molar-refractivity contribution in [2.75, 3.05) is 13.7 Å². The highest BCUT2D eigenvalue weighted by Gasteiger charge is 2.07. The maximum atomic E-state index is 11.1. The lowest BCUT2D eigenvalue weighted by molar-refractivity contribution is -0.128. The highest BCUT2D eigenvalue weighted by atomic mass is 79.9. The SMILES string of the molecule is COc1cc(Br)ccc1CCCNC(=O)[C@@H](C)O. The highest BCUT2D eigenvalue weighted by molar-refractivity contribution is 9.10. The molecule has 2 N–H and O–H groups in total. The number of aryl methyl sites for hydroxylation is 1. The number of nitrogens with one attached hydrogen (secondary N) is 1. The first-order valence-electron chi connectivity index (χ1n) is 5.82. The maximum absolute atomic E-state index is 11.1. The van der Waals surface area contributed by atoms with Crippen LogP contribution in [0.15, 0.2) is 22.7 Å². The third kappa shape index (κ3) is 4.66. The lowest BCUT2D eigenvalue weighted by Gasteiger charge is -2.10. The summed E-state index contributed by atoms with van der Waals surface area (Å²) >= 11 is 3.39. The van der Waals surface area contributed by atoms with E-state index in [0.717, 1.165) is 28.6 Å². The summed E-state index contributed by atoms with van der Waals surface area (Å²) < 4.78 is 6.26. The van der Waals surface area contributed by atoms with Gasteiger partial charge in [-0.05, 0) is 37.5 Å². The molecule has 0 radical (unpaired) electrons. The van der Waals surface area contributed by atoms with Crippen molar-refractivity contribution in [2.24, 2.45) is 0 Å². The molecule has 0 spiro atoms. The van der Waals surface area contributed by atoms with Gasteiger partial charge in [0.2, 0.25) is 5.91 Å². The zero-order chi connectivity index (χ0) is 13.5. The van der Waals surface area contributed by atoms with Crippen LogP contribution >= 0.6 is 15.9 Å². The van der Waals surface area contributed by atoms with E-state index in [1.165, 1.54) is 6.92 Å². The van der Waals surface area contributed by atoms with Crippen molar-refractivity contribution in [3.63, 3.8) is 0 Å². The average Bonchev–Trinajstić information content (AvgIpc) is 2.35. The zero-order valence-corrected chi connectivity index (χ0v) is 12.2. The van der Waals surface area contributed by atoms with Gasteiger partial charge in [0.1, 0.15) is 11.9 Å². The van der Waals surface area contributed by atoms with Crippen LogP contribution in [0.25, 0.3) is 0 Å². The molecule has 1 aromatic carbocycles. The largest absolute Gasteiger partial charge is 0.496 e. The number of carbonyl (C=O) groups is 1. The van der Waals surface area contributed by atoms with Crippen LogP contribution in [-0.2, 0) is 11.2 Å². The Kier molecular flexibility index (Phi) is 6.15. The summed E-state index contributed by atoms with van der Waals surface area (Å²) in [7, 11) is 1.64. The molecule has 0 heterocycles. The van der Waals surface area contributed by atoms with Crippen molar-refractivity contribution >= 4 is 21.8 Å². The predicted octanol–water partition coefficient (Wildman–Crippen LogP) is 1.89. The minimum atomic E-state index is -0.952. The molecule has 0 saturated heterocycles. The normalized spacial score (nSPS) is 12.0. The first-order chi connectivity index (χ1) is 8.54. The number of methoxy groups -OCH3 is 1. The number of ether oxygens (including phenoxy) is 1. The molecule has 0 bridgehead atoms. The third-order valence-corrected chi connectivity index (χ3v) is 3.04. The van der Waals surface area contributed by atoms with Crippen LogP contribution in [0.3, 0.4) is 0 Å². The fraction of sp³-hybridized carbons (Fsp3) is 0.462. The summed E-state index contributed by atoms with van der Waals surface area (Å²) in [6.45, 7) is 2.00. The van der Waals surface area contributed by atoms with Crippen molar-refractivity contribution in [1.29, 1.82) is 0 Å². The monoisotopic (exact) mass is 315 g/mol. The summed E-state index contributed by atoms with van der Waals surface area (Å²) in [5, 5.41) is 11.7. The molecular weight excluding hydrogens is 298 g/mol. The second-order valence-electron chi connectivity index (χ2n) is 4.03. The van der Waals surface area contributed by atoms with Crippen molar-refractivity contribution in [2.45, 2.75) is 25.9 Å². The Bertz CT molecular complexity index is 407. The van der Waals surface area contributed by atoms with E-state index in [0.29, 0.717) is 6.54 Å². The van der Waals surface area contributed by atoms with Gasteiger partial charge in [-0.3, -0.25) is 4.79 Å². The molecule has 1 amide bonds. The molecule has 0 aliphatic carbocycles. The molecule has 18 heavy (non-hydrogen) atoms. The van der Waals surface area contributed by atoms with Gasteiger partial charge in [0.05, 0.1) is 7.11 Å². The maximum Gasteiger partial charge on any atom is 0.248 e. The number of aliphatic hydroxyl groups excluding tert-OH is 1. The van der Waals surface area contributed by atoms with E-state index in [9.17, 15) is 4.79 Å². The number of hydrogen-bond donors (Lipinski definition) is 2. The van der Waals surface area contributed by atoms with E-state index in [-0.39, 0.29) is 5.91 Å². The van der Waals surface area contributed by atoms with Crippen molar-refractivity contribution in [3.8, 4) is 5.75 Å².